The van der Waals surface area contributed by atoms with Crippen LogP contribution in [0.25, 0.3) is 0 Å². The van der Waals surface area contributed by atoms with Crippen LogP contribution in [0.4, 0.5) is 5.69 Å². The molecule has 0 radical (unpaired) electrons. The maximum Gasteiger partial charge on any atom is 0.242 e. The number of hydrogen-bond acceptors (Lipinski definition) is 2. The summed E-state index contributed by atoms with van der Waals surface area (Å²) in [6, 6.07) is 5.78. The lowest BCUT2D eigenvalue weighted by Gasteiger charge is -2.16. The fourth-order valence-corrected chi connectivity index (χ4v) is 1.77. The van der Waals surface area contributed by atoms with Crippen molar-refractivity contribution in [2.45, 2.75) is 38.8 Å². The number of carbonyl (C=O) groups excluding carboxylic acids is 1. The molecule has 1 fully saturated rings. The number of anilines is 1. The maximum absolute atomic E-state index is 11.8. The van der Waals surface area contributed by atoms with Crippen molar-refractivity contribution >= 4 is 23.2 Å². The van der Waals surface area contributed by atoms with Gasteiger partial charge in [-0.1, -0.05) is 17.7 Å². The van der Waals surface area contributed by atoms with E-state index >= 15 is 0 Å². The number of aryl methyl sites for hydroxylation is 1. The van der Waals surface area contributed by atoms with Crippen LogP contribution in [-0.4, -0.2) is 18.0 Å². The predicted octanol–water partition coefficient (Wildman–Crippen LogP) is 2.73. The van der Waals surface area contributed by atoms with Gasteiger partial charge in [-0.25, -0.2) is 0 Å². The summed E-state index contributed by atoms with van der Waals surface area (Å²) in [6.07, 6.45) is 2.21. The first-order valence-corrected chi connectivity index (χ1v) is 6.27. The normalized spacial score (nSPS) is 16.4. The molecule has 4 heteroatoms. The molecule has 0 bridgehead atoms. The minimum absolute atomic E-state index is 0.0480. The van der Waals surface area contributed by atoms with E-state index in [1.165, 1.54) is 0 Å². The van der Waals surface area contributed by atoms with Crippen LogP contribution >= 0.6 is 11.6 Å². The molecule has 2 N–H and O–H groups in total. The number of amides is 1. The molecule has 1 atom stereocenters. The lowest BCUT2D eigenvalue weighted by molar-refractivity contribution is -0.121. The highest BCUT2D eigenvalue weighted by Crippen LogP contribution is 2.22. The van der Waals surface area contributed by atoms with E-state index in [1.54, 1.807) is 0 Å². The molecule has 1 aromatic carbocycles. The Hall–Kier alpha value is -1.22. The van der Waals surface area contributed by atoms with Gasteiger partial charge in [-0.3, -0.25) is 4.79 Å². The fraction of sp³-hybridized carbons (Fsp3) is 0.462. The van der Waals surface area contributed by atoms with Crippen LogP contribution in [0.5, 0.6) is 0 Å². The first-order valence-electron chi connectivity index (χ1n) is 5.89. The third-order valence-corrected chi connectivity index (χ3v) is 3.12. The lowest BCUT2D eigenvalue weighted by atomic mass is 10.2. The molecule has 0 heterocycles. The Kier molecular flexibility index (Phi) is 3.57. The van der Waals surface area contributed by atoms with E-state index < -0.39 is 0 Å². The van der Waals surface area contributed by atoms with E-state index in [0.29, 0.717) is 11.1 Å². The summed E-state index contributed by atoms with van der Waals surface area (Å²) < 4.78 is 0. The largest absolute Gasteiger partial charge is 0.374 e. The second-order valence-electron chi connectivity index (χ2n) is 4.61. The molecular formula is C13H17ClN2O. The van der Waals surface area contributed by atoms with Crippen LogP contribution in [0, 0.1) is 6.92 Å². The summed E-state index contributed by atoms with van der Waals surface area (Å²) in [6.45, 7) is 3.85. The summed E-state index contributed by atoms with van der Waals surface area (Å²) in [4.78, 5) is 11.8. The quantitative estimate of drug-likeness (QED) is 0.865. The standard InChI is InChI=1S/C13H17ClN2O/c1-8-3-4-10(14)7-12(8)15-9(2)13(17)16-11-5-6-11/h3-4,7,9,11,15H,5-6H2,1-2H3,(H,16,17)/t9-/m1/s1. The van der Waals surface area contributed by atoms with Gasteiger partial charge in [0.1, 0.15) is 6.04 Å². The van der Waals surface area contributed by atoms with E-state index in [9.17, 15) is 4.79 Å². The van der Waals surface area contributed by atoms with E-state index in [4.69, 9.17) is 11.6 Å². The number of carbonyl (C=O) groups is 1. The van der Waals surface area contributed by atoms with E-state index in [1.807, 2.05) is 32.0 Å². The molecular weight excluding hydrogens is 236 g/mol. The third-order valence-electron chi connectivity index (χ3n) is 2.89. The molecule has 17 heavy (non-hydrogen) atoms. The predicted molar refractivity (Wildman–Crippen MR) is 70.4 cm³/mol. The van der Waals surface area contributed by atoms with Gasteiger partial charge < -0.3 is 10.6 Å². The minimum Gasteiger partial charge on any atom is -0.374 e. The van der Waals surface area contributed by atoms with Crippen LogP contribution in [0.1, 0.15) is 25.3 Å². The Morgan fingerprint density at radius 2 is 2.18 bits per heavy atom. The zero-order valence-electron chi connectivity index (χ0n) is 10.1. The van der Waals surface area contributed by atoms with Crippen molar-refractivity contribution in [2.24, 2.45) is 0 Å². The molecule has 0 saturated heterocycles. The summed E-state index contributed by atoms with van der Waals surface area (Å²) >= 11 is 5.93. The second kappa shape index (κ2) is 4.96. The highest BCUT2D eigenvalue weighted by atomic mass is 35.5. The number of benzene rings is 1. The van der Waals surface area contributed by atoms with Gasteiger partial charge >= 0.3 is 0 Å². The molecule has 0 spiro atoms. The Morgan fingerprint density at radius 1 is 1.47 bits per heavy atom. The van der Waals surface area contributed by atoms with Crippen molar-refractivity contribution < 1.29 is 4.79 Å². The number of nitrogens with one attached hydrogen (secondary N) is 2. The van der Waals surface area contributed by atoms with E-state index in [2.05, 4.69) is 10.6 Å². The molecule has 1 aliphatic rings. The number of hydrogen-bond donors (Lipinski definition) is 2. The summed E-state index contributed by atoms with van der Waals surface area (Å²) in [7, 11) is 0. The van der Waals surface area contributed by atoms with Crippen molar-refractivity contribution in [3.63, 3.8) is 0 Å². The zero-order valence-corrected chi connectivity index (χ0v) is 10.8. The highest BCUT2D eigenvalue weighted by Gasteiger charge is 2.25. The molecule has 1 aliphatic carbocycles. The summed E-state index contributed by atoms with van der Waals surface area (Å²) in [5, 5.41) is 6.83. The van der Waals surface area contributed by atoms with Gasteiger partial charge in [0, 0.05) is 16.8 Å². The molecule has 92 valence electrons. The van der Waals surface area contributed by atoms with Gasteiger partial charge in [0.2, 0.25) is 5.91 Å². The van der Waals surface area contributed by atoms with Crippen molar-refractivity contribution in [3.8, 4) is 0 Å². The molecule has 3 nitrogen and oxygen atoms in total. The SMILES string of the molecule is Cc1ccc(Cl)cc1N[C@H](C)C(=O)NC1CC1. The van der Waals surface area contributed by atoms with Crippen molar-refractivity contribution in [1.29, 1.82) is 0 Å². The molecule has 0 aromatic heterocycles. The highest BCUT2D eigenvalue weighted by molar-refractivity contribution is 6.30. The average molecular weight is 253 g/mol. The van der Waals surface area contributed by atoms with Crippen LogP contribution < -0.4 is 10.6 Å². The fourth-order valence-electron chi connectivity index (χ4n) is 1.60. The molecule has 1 amide bonds. The summed E-state index contributed by atoms with van der Waals surface area (Å²) in [5.74, 6) is 0.0480. The lowest BCUT2D eigenvalue weighted by Crippen LogP contribution is -2.38. The third kappa shape index (κ3) is 3.37. The monoisotopic (exact) mass is 252 g/mol. The first kappa shape index (κ1) is 12.2. The minimum atomic E-state index is -0.243. The van der Waals surface area contributed by atoms with Gasteiger partial charge in [-0.2, -0.15) is 0 Å². The van der Waals surface area contributed by atoms with Crippen molar-refractivity contribution in [3.05, 3.63) is 28.8 Å². The van der Waals surface area contributed by atoms with Gasteiger partial charge in [-0.05, 0) is 44.4 Å². The smallest absolute Gasteiger partial charge is 0.242 e. The van der Waals surface area contributed by atoms with Gasteiger partial charge in [0.05, 0.1) is 0 Å². The number of rotatable bonds is 4. The van der Waals surface area contributed by atoms with Gasteiger partial charge in [0.25, 0.3) is 0 Å². The van der Waals surface area contributed by atoms with Crippen LogP contribution in [0.2, 0.25) is 5.02 Å². The van der Waals surface area contributed by atoms with Gasteiger partial charge in [0.15, 0.2) is 0 Å². The second-order valence-corrected chi connectivity index (χ2v) is 5.04. The van der Waals surface area contributed by atoms with Crippen LogP contribution in [0.15, 0.2) is 18.2 Å². The van der Waals surface area contributed by atoms with Crippen molar-refractivity contribution in [2.75, 3.05) is 5.32 Å². The van der Waals surface area contributed by atoms with Crippen LogP contribution in [0.3, 0.4) is 0 Å². The maximum atomic E-state index is 11.8. The number of halogens is 1. The zero-order chi connectivity index (χ0) is 12.4. The van der Waals surface area contributed by atoms with Crippen LogP contribution in [-0.2, 0) is 4.79 Å². The summed E-state index contributed by atoms with van der Waals surface area (Å²) in [5.41, 5.74) is 2.00. The van der Waals surface area contributed by atoms with E-state index in [-0.39, 0.29) is 11.9 Å². The molecule has 1 saturated carbocycles. The Labute approximate surface area is 107 Å². The Bertz CT molecular complexity index is 429. The Balaban J connectivity index is 1.98. The molecule has 0 unspecified atom stereocenters. The molecule has 2 rings (SSSR count). The average Bonchev–Trinajstić information content (AvgIpc) is 3.07. The molecule has 1 aromatic rings. The molecule has 0 aliphatic heterocycles. The van der Waals surface area contributed by atoms with Crippen molar-refractivity contribution in [1.82, 2.24) is 5.32 Å². The van der Waals surface area contributed by atoms with E-state index in [0.717, 1.165) is 24.1 Å². The Morgan fingerprint density at radius 3 is 2.82 bits per heavy atom. The first-order chi connectivity index (χ1) is 8.06. The van der Waals surface area contributed by atoms with Gasteiger partial charge in [-0.15, -0.1) is 0 Å². The topological polar surface area (TPSA) is 41.1 Å².